The summed E-state index contributed by atoms with van der Waals surface area (Å²) < 4.78 is 23.4. The first-order valence-corrected chi connectivity index (χ1v) is 20.7. The molecule has 58 heavy (non-hydrogen) atoms. The lowest BCUT2D eigenvalue weighted by molar-refractivity contribution is -0.371. The van der Waals surface area contributed by atoms with Crippen molar-refractivity contribution < 1.29 is 79.0 Å². The zero-order chi connectivity index (χ0) is 42.9. The number of hydrogen-bond donors (Lipinski definition) is 8. The fourth-order valence-electron chi connectivity index (χ4n) is 13.4. The average Bonchev–Trinajstić information content (AvgIpc) is 3.13. The van der Waals surface area contributed by atoms with Gasteiger partial charge in [0.15, 0.2) is 30.6 Å². The Morgan fingerprint density at radius 1 is 0.690 bits per heavy atom. The second-order valence-electron chi connectivity index (χ2n) is 20.6. The Bertz CT molecular complexity index is 1730. The zero-order valence-electron chi connectivity index (χ0n) is 34.4. The standard InChI is InChI=1S/C42H62O16/c1-37(2)21-8-11-42(7)31(20(43)16-18-19-17-39(4,36(53)54)13-12-38(19,3)14-15-41(18,42)6)40(21,5)10-9-22(37)55-35-30(26(47)25(46)29(57-35)33(51)52)58-34-27(48)23(44)24(45)28(56-34)32(49)50/h16,19,21-31,34-35,44-48H,8-15,17H2,1-7H3,(H,49,50)(H,51,52)(H,53,54)/t19?,21-,22-,23-,24-,25-,26-,27+,28-,29-,30+,31+,34-,35+,38+,39-,40-,41+,42+/m0/s1. The van der Waals surface area contributed by atoms with E-state index in [2.05, 4.69) is 27.7 Å². The number of rotatable bonds is 7. The van der Waals surface area contributed by atoms with Crippen LogP contribution in [0.25, 0.3) is 0 Å². The van der Waals surface area contributed by atoms with Crippen molar-refractivity contribution in [2.75, 3.05) is 0 Å². The Labute approximate surface area is 337 Å². The molecule has 2 aliphatic heterocycles. The van der Waals surface area contributed by atoms with Crippen molar-refractivity contribution >= 4 is 23.7 Å². The summed E-state index contributed by atoms with van der Waals surface area (Å²) in [5.74, 6) is -4.47. The predicted octanol–water partition coefficient (Wildman–Crippen LogP) is 2.25. The molecule has 7 aliphatic rings. The largest absolute Gasteiger partial charge is 0.481 e. The number of ketones is 1. The zero-order valence-corrected chi connectivity index (χ0v) is 34.4. The number of aliphatic carboxylic acids is 3. The van der Waals surface area contributed by atoms with Crippen molar-refractivity contribution in [3.05, 3.63) is 11.6 Å². The van der Waals surface area contributed by atoms with Gasteiger partial charge in [-0.25, -0.2) is 9.59 Å². The van der Waals surface area contributed by atoms with Crippen LogP contribution in [0.2, 0.25) is 0 Å². The first kappa shape index (κ1) is 43.5. The van der Waals surface area contributed by atoms with Crippen molar-refractivity contribution in [2.24, 2.45) is 50.2 Å². The molecule has 19 atom stereocenters. The Kier molecular flexibility index (Phi) is 10.7. The number of hydrogen-bond acceptors (Lipinski definition) is 13. The molecule has 0 radical (unpaired) electrons. The number of carbonyl (C=O) groups is 4. The Balaban J connectivity index is 1.17. The van der Waals surface area contributed by atoms with Crippen molar-refractivity contribution in [3.63, 3.8) is 0 Å². The average molecular weight is 823 g/mol. The van der Waals surface area contributed by atoms with Crippen LogP contribution < -0.4 is 0 Å². The van der Waals surface area contributed by atoms with Crippen LogP contribution >= 0.6 is 0 Å². The van der Waals surface area contributed by atoms with E-state index >= 15 is 0 Å². The maximum atomic E-state index is 14.8. The third kappa shape index (κ3) is 6.25. The highest BCUT2D eigenvalue weighted by Crippen LogP contribution is 2.75. The lowest BCUT2D eigenvalue weighted by Gasteiger charge is -2.70. The number of aliphatic hydroxyl groups is 5. The molecule has 1 unspecified atom stereocenters. The second-order valence-corrected chi connectivity index (χ2v) is 20.6. The molecule has 0 bridgehead atoms. The van der Waals surface area contributed by atoms with Gasteiger partial charge in [0.25, 0.3) is 0 Å². The van der Waals surface area contributed by atoms with Crippen LogP contribution in [0.4, 0.5) is 0 Å². The maximum Gasteiger partial charge on any atom is 0.335 e. The van der Waals surface area contributed by atoms with Gasteiger partial charge in [0.1, 0.15) is 36.6 Å². The highest BCUT2D eigenvalue weighted by Gasteiger charge is 2.71. The number of fused-ring (bicyclic) bond motifs is 7. The fourth-order valence-corrected chi connectivity index (χ4v) is 13.4. The van der Waals surface area contributed by atoms with E-state index in [1.807, 2.05) is 26.8 Å². The molecule has 5 aliphatic carbocycles. The summed E-state index contributed by atoms with van der Waals surface area (Å²) in [5, 5.41) is 83.0. The summed E-state index contributed by atoms with van der Waals surface area (Å²) in [6, 6.07) is 0. The van der Waals surface area contributed by atoms with E-state index in [0.717, 1.165) is 37.7 Å². The van der Waals surface area contributed by atoms with Gasteiger partial charge in [0.2, 0.25) is 0 Å². The summed E-state index contributed by atoms with van der Waals surface area (Å²) in [5.41, 5.74) is -1.81. The number of carboxylic acid groups (broad SMARTS) is 3. The number of aliphatic hydroxyl groups excluding tert-OH is 5. The van der Waals surface area contributed by atoms with E-state index in [4.69, 9.17) is 18.9 Å². The van der Waals surface area contributed by atoms with Crippen molar-refractivity contribution in [2.45, 2.75) is 174 Å². The molecule has 4 saturated carbocycles. The van der Waals surface area contributed by atoms with E-state index in [1.54, 1.807) is 0 Å². The minimum atomic E-state index is -2.05. The summed E-state index contributed by atoms with van der Waals surface area (Å²) >= 11 is 0. The van der Waals surface area contributed by atoms with Gasteiger partial charge in [-0.05, 0) is 110 Å². The molecule has 16 nitrogen and oxygen atoms in total. The first-order chi connectivity index (χ1) is 26.8. The van der Waals surface area contributed by atoms with Gasteiger partial charge in [-0.1, -0.05) is 47.1 Å². The van der Waals surface area contributed by atoms with E-state index in [-0.39, 0.29) is 34.4 Å². The molecular weight excluding hydrogens is 760 g/mol. The molecule has 16 heteroatoms. The van der Waals surface area contributed by atoms with E-state index in [9.17, 15) is 60.0 Å². The maximum absolute atomic E-state index is 14.8. The highest BCUT2D eigenvalue weighted by atomic mass is 16.8. The summed E-state index contributed by atoms with van der Waals surface area (Å²) in [7, 11) is 0. The van der Waals surface area contributed by atoms with Crippen LogP contribution in [0.5, 0.6) is 0 Å². The number of carboxylic acids is 3. The van der Waals surface area contributed by atoms with Gasteiger partial charge in [-0.2, -0.15) is 0 Å². The smallest absolute Gasteiger partial charge is 0.335 e. The molecule has 0 amide bonds. The van der Waals surface area contributed by atoms with Crippen LogP contribution in [0.1, 0.15) is 106 Å². The second kappa shape index (κ2) is 14.3. The molecule has 0 spiro atoms. The number of allylic oxidation sites excluding steroid dienone is 2. The highest BCUT2D eigenvalue weighted by molar-refractivity contribution is 5.95. The first-order valence-electron chi connectivity index (χ1n) is 20.7. The van der Waals surface area contributed by atoms with Crippen LogP contribution in [-0.4, -0.2) is 132 Å². The summed E-state index contributed by atoms with van der Waals surface area (Å²) in [6.07, 6.45) is -12.2. The predicted molar refractivity (Wildman–Crippen MR) is 199 cm³/mol. The minimum absolute atomic E-state index is 0.0217. The molecule has 326 valence electrons. The molecule has 0 aromatic heterocycles. The summed E-state index contributed by atoms with van der Waals surface area (Å²) in [6.45, 7) is 14.8. The monoisotopic (exact) mass is 822 g/mol. The minimum Gasteiger partial charge on any atom is -0.481 e. The third-order valence-corrected chi connectivity index (χ3v) is 17.2. The SMILES string of the molecule is CC1(C)[C@@H](O[C@@H]2O[C@H](C(=O)O)[C@@H](O)[C@H](O)[C@H]2O[C@@H]2O[C@H](C(=O)O)[C@@H](O)[C@H](O)[C@H]2O)CC[C@]2(C)[C@H]3C(=O)C=C4C5C[C@@](C)(C(=O)O)CC[C@]5(C)CC[C@@]4(C)[C@]3(C)CC[C@@H]12. The van der Waals surface area contributed by atoms with Gasteiger partial charge < -0.3 is 59.8 Å². The van der Waals surface area contributed by atoms with Gasteiger partial charge >= 0.3 is 17.9 Å². The third-order valence-electron chi connectivity index (χ3n) is 17.2. The van der Waals surface area contributed by atoms with Gasteiger partial charge in [-0.3, -0.25) is 9.59 Å². The Morgan fingerprint density at radius 3 is 1.88 bits per heavy atom. The molecule has 2 saturated heterocycles. The van der Waals surface area contributed by atoms with Gasteiger partial charge in [-0.15, -0.1) is 0 Å². The van der Waals surface area contributed by atoms with E-state index in [1.165, 1.54) is 0 Å². The fraction of sp³-hybridized carbons (Fsp3) is 0.857. The lowest BCUT2D eigenvalue weighted by atomic mass is 9.33. The Morgan fingerprint density at radius 2 is 1.28 bits per heavy atom. The summed E-state index contributed by atoms with van der Waals surface area (Å²) in [4.78, 5) is 51.3. The molecule has 0 aromatic rings. The van der Waals surface area contributed by atoms with Crippen LogP contribution in [0, 0.1) is 50.2 Å². The molecule has 6 fully saturated rings. The number of ether oxygens (including phenoxy) is 4. The van der Waals surface area contributed by atoms with E-state index < -0.39 is 107 Å². The molecule has 8 N–H and O–H groups in total. The molecule has 2 heterocycles. The van der Waals surface area contributed by atoms with Crippen molar-refractivity contribution in [1.29, 1.82) is 0 Å². The topological polar surface area (TPSA) is 267 Å². The van der Waals surface area contributed by atoms with Crippen molar-refractivity contribution in [1.82, 2.24) is 0 Å². The molecule has 7 rings (SSSR count). The Hall–Kier alpha value is -2.54. The lowest BCUT2D eigenvalue weighted by Crippen LogP contribution is -2.68. The quantitative estimate of drug-likeness (QED) is 0.171. The van der Waals surface area contributed by atoms with Crippen molar-refractivity contribution in [3.8, 4) is 0 Å². The van der Waals surface area contributed by atoms with Crippen LogP contribution in [0.3, 0.4) is 0 Å². The molecular formula is C42H62O16. The van der Waals surface area contributed by atoms with Gasteiger partial charge in [0.05, 0.1) is 11.5 Å². The molecule has 0 aromatic carbocycles. The van der Waals surface area contributed by atoms with Gasteiger partial charge in [0, 0.05) is 5.92 Å². The van der Waals surface area contributed by atoms with Crippen LogP contribution in [0.15, 0.2) is 11.6 Å². The normalized spacial score (nSPS) is 52.6. The van der Waals surface area contributed by atoms with E-state index in [0.29, 0.717) is 25.7 Å². The van der Waals surface area contributed by atoms with Crippen LogP contribution in [-0.2, 0) is 38.1 Å². The number of carbonyl (C=O) groups excluding carboxylic acids is 1.